The first-order chi connectivity index (χ1) is 20.5. The van der Waals surface area contributed by atoms with Crippen molar-refractivity contribution in [2.45, 2.75) is 38.0 Å². The van der Waals surface area contributed by atoms with E-state index in [0.717, 1.165) is 99.1 Å². The molecule has 6 rings (SSSR count). The van der Waals surface area contributed by atoms with Crippen molar-refractivity contribution in [3.8, 4) is 0 Å². The third-order valence-corrected chi connectivity index (χ3v) is 9.96. The van der Waals surface area contributed by atoms with Crippen molar-refractivity contribution in [3.63, 3.8) is 0 Å². The van der Waals surface area contributed by atoms with Gasteiger partial charge in [0.05, 0.1) is 23.6 Å². The normalized spacial score (nSPS) is 19.6. The van der Waals surface area contributed by atoms with E-state index in [1.54, 1.807) is 12.1 Å². The number of nitrogens with one attached hydrogen (secondary N) is 3. The Balaban J connectivity index is 0.00000368. The Bertz CT molecular complexity index is 1600. The van der Waals surface area contributed by atoms with Crippen LogP contribution in [0.5, 0.6) is 0 Å². The smallest absolute Gasteiger partial charge is 0.240 e. The van der Waals surface area contributed by atoms with Crippen LogP contribution in [0, 0.1) is 11.8 Å². The van der Waals surface area contributed by atoms with E-state index in [0.29, 0.717) is 29.2 Å². The van der Waals surface area contributed by atoms with Gasteiger partial charge in [-0.15, -0.1) is 0 Å². The van der Waals surface area contributed by atoms with Crippen molar-refractivity contribution in [1.29, 1.82) is 0 Å². The number of aromatic nitrogens is 2. The summed E-state index contributed by atoms with van der Waals surface area (Å²) in [6.45, 7) is 6.58. The molecular weight excluding hydrogens is 560 g/mol. The van der Waals surface area contributed by atoms with Crippen LogP contribution in [0.3, 0.4) is 0 Å². The van der Waals surface area contributed by atoms with E-state index < -0.39 is 10.0 Å². The van der Waals surface area contributed by atoms with Gasteiger partial charge in [-0.05, 0) is 72.6 Å². The Morgan fingerprint density at radius 1 is 0.814 bits per heavy atom. The van der Waals surface area contributed by atoms with Crippen LogP contribution < -0.4 is 15.4 Å². The summed E-state index contributed by atoms with van der Waals surface area (Å²) in [6, 6.07) is 21.2. The summed E-state index contributed by atoms with van der Waals surface area (Å²) < 4.78 is 34.2. The molecule has 0 spiro atoms. The van der Waals surface area contributed by atoms with E-state index in [1.165, 1.54) is 0 Å². The first-order valence-corrected chi connectivity index (χ1v) is 16.5. The van der Waals surface area contributed by atoms with Crippen LogP contribution in [0.15, 0.2) is 71.6 Å². The third kappa shape index (κ3) is 8.00. The highest BCUT2D eigenvalue weighted by Crippen LogP contribution is 2.29. The van der Waals surface area contributed by atoms with Gasteiger partial charge >= 0.3 is 0 Å². The van der Waals surface area contributed by atoms with Crippen LogP contribution in [0.4, 0.5) is 11.8 Å². The number of sulfonamides is 1. The topological polar surface area (TPSA) is 108 Å². The minimum absolute atomic E-state index is 0. The van der Waals surface area contributed by atoms with Gasteiger partial charge in [-0.2, -0.15) is 4.98 Å². The number of morpholine rings is 1. The molecule has 0 radical (unpaired) electrons. The fraction of sp³-hybridized carbons (Fsp3) is 0.455. The quantitative estimate of drug-likeness (QED) is 0.210. The SMILES string of the molecule is C.O=S(=O)(NCC1CCC(CNc2nc(NCCN3CCOCC3)c3ccccc3n2)CC1)c1ccc2ccccc2c1. The number of hydrogen-bond donors (Lipinski definition) is 3. The van der Waals surface area contributed by atoms with E-state index in [-0.39, 0.29) is 7.43 Å². The van der Waals surface area contributed by atoms with Crippen molar-refractivity contribution >= 4 is 43.5 Å². The Hall–Kier alpha value is -3.31. The summed E-state index contributed by atoms with van der Waals surface area (Å²) in [4.78, 5) is 12.3. The van der Waals surface area contributed by atoms with Gasteiger partial charge in [0.2, 0.25) is 16.0 Å². The van der Waals surface area contributed by atoms with Crippen molar-refractivity contribution in [3.05, 3.63) is 66.7 Å². The lowest BCUT2D eigenvalue weighted by Gasteiger charge is -2.28. The summed E-state index contributed by atoms with van der Waals surface area (Å²) in [5, 5.41) is 10.0. The summed E-state index contributed by atoms with van der Waals surface area (Å²) in [5.74, 6) is 2.36. The zero-order valence-electron chi connectivity index (χ0n) is 24.0. The first kappa shape index (κ1) is 31.1. The Morgan fingerprint density at radius 2 is 1.51 bits per heavy atom. The van der Waals surface area contributed by atoms with Crippen molar-refractivity contribution < 1.29 is 13.2 Å². The summed E-state index contributed by atoms with van der Waals surface area (Å²) in [5.41, 5.74) is 0.922. The zero-order valence-corrected chi connectivity index (χ0v) is 24.8. The lowest BCUT2D eigenvalue weighted by molar-refractivity contribution is 0.0398. The molecule has 1 saturated carbocycles. The predicted octanol–water partition coefficient (Wildman–Crippen LogP) is 5.36. The van der Waals surface area contributed by atoms with Crippen molar-refractivity contribution in [2.75, 3.05) is 63.1 Å². The molecule has 3 N–H and O–H groups in total. The number of ether oxygens (including phenoxy) is 1. The highest BCUT2D eigenvalue weighted by molar-refractivity contribution is 7.89. The molecular formula is C33H44N6O3S. The monoisotopic (exact) mass is 604 g/mol. The van der Waals surface area contributed by atoms with Gasteiger partial charge in [0, 0.05) is 44.7 Å². The number of para-hydroxylation sites is 1. The maximum absolute atomic E-state index is 13.0. The molecule has 0 unspecified atom stereocenters. The van der Waals surface area contributed by atoms with E-state index in [4.69, 9.17) is 14.7 Å². The Labute approximate surface area is 255 Å². The van der Waals surface area contributed by atoms with Gasteiger partial charge < -0.3 is 15.4 Å². The van der Waals surface area contributed by atoms with Gasteiger partial charge in [0.25, 0.3) is 0 Å². The van der Waals surface area contributed by atoms with Crippen LogP contribution in [0.1, 0.15) is 33.1 Å². The number of hydrogen-bond acceptors (Lipinski definition) is 8. The molecule has 0 bridgehead atoms. The predicted molar refractivity (Wildman–Crippen MR) is 175 cm³/mol. The summed E-state index contributed by atoms with van der Waals surface area (Å²) in [7, 11) is -3.54. The van der Waals surface area contributed by atoms with E-state index >= 15 is 0 Å². The Kier molecular flexibility index (Phi) is 10.5. The second-order valence-electron chi connectivity index (χ2n) is 11.4. The van der Waals surface area contributed by atoms with Crippen LogP contribution in [-0.2, 0) is 14.8 Å². The minimum Gasteiger partial charge on any atom is -0.379 e. The molecule has 0 atom stereocenters. The maximum atomic E-state index is 13.0. The van der Waals surface area contributed by atoms with E-state index in [2.05, 4.69) is 26.3 Å². The first-order valence-electron chi connectivity index (χ1n) is 15.1. The van der Waals surface area contributed by atoms with E-state index in [9.17, 15) is 8.42 Å². The summed E-state index contributed by atoms with van der Waals surface area (Å²) in [6.07, 6.45) is 4.10. The maximum Gasteiger partial charge on any atom is 0.240 e. The van der Waals surface area contributed by atoms with Crippen molar-refractivity contribution in [1.82, 2.24) is 19.6 Å². The molecule has 3 aromatic carbocycles. The zero-order chi connectivity index (χ0) is 28.8. The number of benzene rings is 3. The molecule has 4 aromatic rings. The highest BCUT2D eigenvalue weighted by Gasteiger charge is 2.24. The molecule has 1 saturated heterocycles. The Morgan fingerprint density at radius 3 is 2.30 bits per heavy atom. The van der Waals surface area contributed by atoms with E-state index in [1.807, 2.05) is 48.5 Å². The van der Waals surface area contributed by atoms with Crippen LogP contribution in [0.25, 0.3) is 21.7 Å². The third-order valence-electron chi connectivity index (χ3n) is 8.54. The molecule has 2 fully saturated rings. The largest absolute Gasteiger partial charge is 0.379 e. The minimum atomic E-state index is -3.54. The highest BCUT2D eigenvalue weighted by atomic mass is 32.2. The molecule has 0 amide bonds. The average Bonchev–Trinajstić information content (AvgIpc) is 3.03. The molecule has 230 valence electrons. The molecule has 1 aromatic heterocycles. The molecule has 1 aliphatic carbocycles. The molecule has 10 heteroatoms. The number of nitrogens with zero attached hydrogens (tertiary/aromatic N) is 3. The summed E-state index contributed by atoms with van der Waals surface area (Å²) >= 11 is 0. The van der Waals surface area contributed by atoms with Gasteiger partial charge in [0.1, 0.15) is 5.82 Å². The van der Waals surface area contributed by atoms with Crippen molar-refractivity contribution in [2.24, 2.45) is 11.8 Å². The number of rotatable bonds is 11. The van der Waals surface area contributed by atoms with Gasteiger partial charge in [-0.1, -0.05) is 49.9 Å². The fourth-order valence-corrected chi connectivity index (χ4v) is 7.12. The van der Waals surface area contributed by atoms with Gasteiger partial charge in [0.15, 0.2) is 0 Å². The molecule has 1 aliphatic heterocycles. The van der Waals surface area contributed by atoms with Crippen LogP contribution in [-0.4, -0.2) is 75.8 Å². The van der Waals surface area contributed by atoms with Gasteiger partial charge in [-0.25, -0.2) is 18.1 Å². The van der Waals surface area contributed by atoms with Crippen LogP contribution >= 0.6 is 0 Å². The lowest BCUT2D eigenvalue weighted by Crippen LogP contribution is -2.39. The molecule has 43 heavy (non-hydrogen) atoms. The second-order valence-corrected chi connectivity index (χ2v) is 13.2. The van der Waals surface area contributed by atoms with Gasteiger partial charge in [-0.3, -0.25) is 4.90 Å². The molecule has 9 nitrogen and oxygen atoms in total. The molecule has 2 heterocycles. The molecule has 2 aliphatic rings. The number of fused-ring (bicyclic) bond motifs is 2. The second kappa shape index (κ2) is 14.4. The average molecular weight is 605 g/mol. The fourth-order valence-electron chi connectivity index (χ4n) is 5.97. The number of anilines is 2. The standard InChI is InChI=1S/C32H40N6O3S.CH4/c39-42(40,28-14-13-26-5-1-2-6-27(26)21-28)35-23-25-11-9-24(10-12-25)22-34-32-36-30-8-4-3-7-29(30)31(37-32)33-15-16-38-17-19-41-20-18-38;/h1-8,13-14,21,24-25,35H,9-12,15-20,22-23H2,(H2,33,34,36,37);1H4. The lowest BCUT2D eigenvalue weighted by atomic mass is 9.82. The van der Waals surface area contributed by atoms with Crippen LogP contribution in [0.2, 0.25) is 0 Å².